The Hall–Kier alpha value is -2.29. The van der Waals surface area contributed by atoms with Crippen molar-refractivity contribution in [3.63, 3.8) is 0 Å². The van der Waals surface area contributed by atoms with Gasteiger partial charge in [-0.1, -0.05) is 30.2 Å². The van der Waals surface area contributed by atoms with Gasteiger partial charge in [0.1, 0.15) is 11.8 Å². The Balaban J connectivity index is 1.71. The molecule has 0 saturated carbocycles. The normalized spacial score (nSPS) is 16.2. The van der Waals surface area contributed by atoms with E-state index in [2.05, 4.69) is 15.2 Å². The maximum Gasteiger partial charge on any atom is 0.267 e. The zero-order valence-corrected chi connectivity index (χ0v) is 14.7. The summed E-state index contributed by atoms with van der Waals surface area (Å²) in [5.74, 6) is -0.197. The van der Waals surface area contributed by atoms with Crippen molar-refractivity contribution in [2.24, 2.45) is 0 Å². The average Bonchev–Trinajstić information content (AvgIpc) is 3.13. The largest absolute Gasteiger partial charge is 0.356 e. The lowest BCUT2D eigenvalue weighted by atomic mass is 10.0. The van der Waals surface area contributed by atoms with Crippen LogP contribution in [0.2, 0.25) is 5.02 Å². The van der Waals surface area contributed by atoms with Crippen LogP contribution >= 0.6 is 11.6 Å². The predicted molar refractivity (Wildman–Crippen MR) is 97.5 cm³/mol. The number of nitrogens with zero attached hydrogens (tertiary/aromatic N) is 2. The Kier molecular flexibility index (Phi) is 5.75. The van der Waals surface area contributed by atoms with Crippen LogP contribution in [0.25, 0.3) is 0 Å². The Labute approximate surface area is 152 Å². The highest BCUT2D eigenvalue weighted by Gasteiger charge is 2.23. The van der Waals surface area contributed by atoms with Crippen molar-refractivity contribution in [2.45, 2.75) is 25.3 Å². The van der Waals surface area contributed by atoms with E-state index in [1.807, 2.05) is 30.3 Å². The molecule has 3 rings (SSSR count). The molecule has 0 spiro atoms. The summed E-state index contributed by atoms with van der Waals surface area (Å²) >= 11 is 6.01. The van der Waals surface area contributed by atoms with Gasteiger partial charge in [0.25, 0.3) is 5.91 Å². The molecule has 2 aromatic rings. The van der Waals surface area contributed by atoms with Crippen molar-refractivity contribution < 1.29 is 4.79 Å². The van der Waals surface area contributed by atoms with Gasteiger partial charge in [0.15, 0.2) is 0 Å². The second-order valence-corrected chi connectivity index (χ2v) is 6.72. The number of benzene rings is 1. The van der Waals surface area contributed by atoms with Crippen molar-refractivity contribution >= 4 is 17.5 Å². The van der Waals surface area contributed by atoms with Crippen LogP contribution in [0.5, 0.6) is 0 Å². The van der Waals surface area contributed by atoms with Gasteiger partial charge >= 0.3 is 0 Å². The fourth-order valence-electron chi connectivity index (χ4n) is 3.25. The molecule has 0 radical (unpaired) electrons. The molecule has 2 heterocycles. The minimum absolute atomic E-state index is 0.118. The third kappa shape index (κ3) is 4.41. The van der Waals surface area contributed by atoms with Crippen LogP contribution in [0.1, 0.15) is 46.9 Å². The molecular weight excluding hydrogens is 336 g/mol. The Morgan fingerprint density at radius 2 is 2.00 bits per heavy atom. The second-order valence-electron chi connectivity index (χ2n) is 6.29. The van der Waals surface area contributed by atoms with Crippen molar-refractivity contribution in [1.29, 1.82) is 5.26 Å². The molecule has 1 atom stereocenters. The Morgan fingerprint density at radius 1 is 1.28 bits per heavy atom. The van der Waals surface area contributed by atoms with Crippen molar-refractivity contribution in [2.75, 3.05) is 19.6 Å². The predicted octanol–water partition coefficient (Wildman–Crippen LogP) is 3.50. The van der Waals surface area contributed by atoms with Crippen LogP contribution in [-0.4, -0.2) is 35.4 Å². The molecule has 0 bridgehead atoms. The van der Waals surface area contributed by atoms with Crippen LogP contribution < -0.4 is 5.32 Å². The molecule has 1 aliphatic heterocycles. The van der Waals surface area contributed by atoms with E-state index < -0.39 is 0 Å². The standard InChI is InChI=1S/C19H21ClN4O/c20-16-6-4-15(5-7-16)18(24-8-2-1-3-9-24)13-23-19(25)17-10-14(11-21)12-22-17/h4-7,10,12,18,22H,1-3,8-9,13H2,(H,23,25)/t18-/m0/s1. The number of likely N-dealkylation sites (tertiary alicyclic amines) is 1. The number of hydrogen-bond acceptors (Lipinski definition) is 3. The fourth-order valence-corrected chi connectivity index (χ4v) is 3.37. The molecular formula is C19H21ClN4O. The van der Waals surface area contributed by atoms with Gasteiger partial charge in [0.2, 0.25) is 0 Å². The van der Waals surface area contributed by atoms with Gasteiger partial charge in [-0.3, -0.25) is 9.69 Å². The topological polar surface area (TPSA) is 71.9 Å². The minimum atomic E-state index is -0.197. The summed E-state index contributed by atoms with van der Waals surface area (Å²) in [4.78, 5) is 17.6. The molecule has 6 heteroatoms. The number of rotatable bonds is 5. The summed E-state index contributed by atoms with van der Waals surface area (Å²) in [6.07, 6.45) is 5.16. The maximum atomic E-state index is 12.4. The molecule has 25 heavy (non-hydrogen) atoms. The number of amides is 1. The summed E-state index contributed by atoms with van der Waals surface area (Å²) in [7, 11) is 0. The monoisotopic (exact) mass is 356 g/mol. The number of aromatic amines is 1. The van der Waals surface area contributed by atoms with Gasteiger partial charge in [-0.2, -0.15) is 5.26 Å². The summed E-state index contributed by atoms with van der Waals surface area (Å²) < 4.78 is 0. The van der Waals surface area contributed by atoms with Gasteiger partial charge in [-0.25, -0.2) is 0 Å². The zero-order valence-electron chi connectivity index (χ0n) is 14.0. The third-order valence-electron chi connectivity index (χ3n) is 4.60. The number of carbonyl (C=O) groups is 1. The Morgan fingerprint density at radius 3 is 2.64 bits per heavy atom. The molecule has 1 amide bonds. The average molecular weight is 357 g/mol. The molecule has 1 aromatic carbocycles. The quantitative estimate of drug-likeness (QED) is 0.861. The molecule has 0 aliphatic carbocycles. The number of piperidine rings is 1. The van der Waals surface area contributed by atoms with E-state index in [-0.39, 0.29) is 11.9 Å². The molecule has 5 nitrogen and oxygen atoms in total. The van der Waals surface area contributed by atoms with E-state index in [1.54, 1.807) is 6.07 Å². The van der Waals surface area contributed by atoms with Crippen molar-refractivity contribution in [3.8, 4) is 6.07 Å². The lowest BCUT2D eigenvalue weighted by Crippen LogP contribution is -2.40. The molecule has 1 aromatic heterocycles. The lowest BCUT2D eigenvalue weighted by molar-refractivity contribution is 0.0920. The van der Waals surface area contributed by atoms with E-state index in [0.717, 1.165) is 18.7 Å². The highest BCUT2D eigenvalue weighted by Crippen LogP contribution is 2.25. The van der Waals surface area contributed by atoms with Gasteiger partial charge in [-0.05, 0) is 49.7 Å². The van der Waals surface area contributed by atoms with Crippen molar-refractivity contribution in [3.05, 3.63) is 58.4 Å². The van der Waals surface area contributed by atoms with Crippen LogP contribution in [0.15, 0.2) is 36.5 Å². The highest BCUT2D eigenvalue weighted by molar-refractivity contribution is 6.30. The minimum Gasteiger partial charge on any atom is -0.356 e. The molecule has 1 fully saturated rings. The van der Waals surface area contributed by atoms with Gasteiger partial charge in [0.05, 0.1) is 11.6 Å². The molecule has 1 aliphatic rings. The summed E-state index contributed by atoms with van der Waals surface area (Å²) in [5.41, 5.74) is 2.01. The molecule has 0 unspecified atom stereocenters. The van der Waals surface area contributed by atoms with Crippen LogP contribution in [0.3, 0.4) is 0 Å². The molecule has 130 valence electrons. The lowest BCUT2D eigenvalue weighted by Gasteiger charge is -2.35. The van der Waals surface area contributed by atoms with Crippen LogP contribution in [0, 0.1) is 11.3 Å². The Bertz CT molecular complexity index is 756. The number of aromatic nitrogens is 1. The number of nitriles is 1. The first-order valence-electron chi connectivity index (χ1n) is 8.53. The maximum absolute atomic E-state index is 12.4. The van der Waals surface area contributed by atoms with Gasteiger partial charge in [-0.15, -0.1) is 0 Å². The fraction of sp³-hybridized carbons (Fsp3) is 0.368. The van der Waals surface area contributed by atoms with E-state index in [1.165, 1.54) is 25.5 Å². The van der Waals surface area contributed by atoms with E-state index >= 15 is 0 Å². The van der Waals surface area contributed by atoms with Crippen molar-refractivity contribution in [1.82, 2.24) is 15.2 Å². The van der Waals surface area contributed by atoms with Crippen LogP contribution in [-0.2, 0) is 0 Å². The summed E-state index contributed by atoms with van der Waals surface area (Å²) in [6, 6.07) is 11.5. The van der Waals surface area contributed by atoms with Crippen LogP contribution in [0.4, 0.5) is 0 Å². The number of halogens is 1. The highest BCUT2D eigenvalue weighted by atomic mass is 35.5. The molecule has 1 saturated heterocycles. The zero-order chi connectivity index (χ0) is 17.6. The number of nitrogens with one attached hydrogen (secondary N) is 2. The summed E-state index contributed by atoms with van der Waals surface area (Å²) in [6.45, 7) is 2.58. The second kappa shape index (κ2) is 8.19. The van der Waals surface area contributed by atoms with E-state index in [0.29, 0.717) is 22.8 Å². The van der Waals surface area contributed by atoms with Gasteiger partial charge < -0.3 is 10.3 Å². The third-order valence-corrected chi connectivity index (χ3v) is 4.85. The van der Waals surface area contributed by atoms with Gasteiger partial charge in [0, 0.05) is 17.8 Å². The SMILES string of the molecule is N#Cc1c[nH]c(C(=O)NC[C@@H](c2ccc(Cl)cc2)N2CCCCC2)c1. The smallest absolute Gasteiger partial charge is 0.267 e. The first kappa shape index (κ1) is 17.5. The first-order chi connectivity index (χ1) is 12.2. The molecule has 2 N–H and O–H groups in total. The number of hydrogen-bond donors (Lipinski definition) is 2. The van der Waals surface area contributed by atoms with E-state index in [4.69, 9.17) is 16.9 Å². The van der Waals surface area contributed by atoms with E-state index in [9.17, 15) is 4.79 Å². The summed E-state index contributed by atoms with van der Waals surface area (Å²) in [5, 5.41) is 12.6. The number of H-pyrrole nitrogens is 1. The number of carbonyl (C=O) groups excluding carboxylic acids is 1. The first-order valence-corrected chi connectivity index (χ1v) is 8.91.